The first-order valence-corrected chi connectivity index (χ1v) is 5.11. The molecule has 2 N–H and O–H groups in total. The second-order valence-electron chi connectivity index (χ2n) is 2.91. The highest BCUT2D eigenvalue weighted by Crippen LogP contribution is 2.18. The van der Waals surface area contributed by atoms with Gasteiger partial charge in [0.2, 0.25) is 0 Å². The number of halogens is 1. The van der Waals surface area contributed by atoms with Gasteiger partial charge in [0, 0.05) is 17.1 Å². The smallest absolute Gasteiger partial charge is 0.0449 e. The Kier molecular flexibility index (Phi) is 4.42. The molecule has 0 fully saturated rings. The van der Waals surface area contributed by atoms with Gasteiger partial charge >= 0.3 is 0 Å². The van der Waals surface area contributed by atoms with E-state index in [4.69, 9.17) is 5.11 Å². The maximum Gasteiger partial charge on any atom is 0.0449 e. The first kappa shape index (κ1) is 10.7. The number of benzene rings is 1. The van der Waals surface area contributed by atoms with E-state index >= 15 is 0 Å². The molecule has 0 amide bonds. The number of rotatable bonds is 4. The molecule has 3 heteroatoms. The fourth-order valence-corrected chi connectivity index (χ4v) is 1.57. The molecule has 1 rings (SSSR count). The standard InChI is InChI=1S/C10H14BrNO/c1-12-10(6-7-13)8-2-4-9(11)5-3-8/h2-5,10,12-13H,6-7H2,1H3. The summed E-state index contributed by atoms with van der Waals surface area (Å²) in [5.41, 5.74) is 1.21. The van der Waals surface area contributed by atoms with Crippen LogP contribution in [0, 0.1) is 0 Å². The zero-order valence-corrected chi connectivity index (χ0v) is 9.21. The van der Waals surface area contributed by atoms with Crippen LogP contribution in [0.4, 0.5) is 0 Å². The molecule has 0 spiro atoms. The number of aliphatic hydroxyl groups excluding tert-OH is 1. The highest BCUT2D eigenvalue weighted by atomic mass is 79.9. The van der Waals surface area contributed by atoms with E-state index < -0.39 is 0 Å². The van der Waals surface area contributed by atoms with E-state index in [2.05, 4.69) is 33.4 Å². The molecule has 0 saturated carbocycles. The van der Waals surface area contributed by atoms with Gasteiger partial charge in [-0.1, -0.05) is 28.1 Å². The van der Waals surface area contributed by atoms with Gasteiger partial charge in [-0.2, -0.15) is 0 Å². The number of aliphatic hydroxyl groups is 1. The summed E-state index contributed by atoms with van der Waals surface area (Å²) in [6, 6.07) is 8.38. The van der Waals surface area contributed by atoms with E-state index in [1.165, 1.54) is 5.56 Å². The van der Waals surface area contributed by atoms with Crippen molar-refractivity contribution in [3.05, 3.63) is 34.3 Å². The fourth-order valence-electron chi connectivity index (χ4n) is 1.30. The van der Waals surface area contributed by atoms with Crippen LogP contribution < -0.4 is 5.32 Å². The lowest BCUT2D eigenvalue weighted by molar-refractivity contribution is 0.269. The zero-order chi connectivity index (χ0) is 9.68. The molecular formula is C10H14BrNO. The molecular weight excluding hydrogens is 230 g/mol. The summed E-state index contributed by atoms with van der Waals surface area (Å²) in [4.78, 5) is 0. The molecule has 13 heavy (non-hydrogen) atoms. The lowest BCUT2D eigenvalue weighted by atomic mass is 10.0. The number of hydrogen-bond donors (Lipinski definition) is 2. The minimum Gasteiger partial charge on any atom is -0.396 e. The Morgan fingerprint density at radius 1 is 1.38 bits per heavy atom. The van der Waals surface area contributed by atoms with Crippen LogP contribution in [0.2, 0.25) is 0 Å². The van der Waals surface area contributed by atoms with Crippen LogP contribution in [0.5, 0.6) is 0 Å². The van der Waals surface area contributed by atoms with Gasteiger partial charge in [-0.05, 0) is 31.2 Å². The molecule has 0 aromatic heterocycles. The molecule has 1 aromatic carbocycles. The van der Waals surface area contributed by atoms with Crippen LogP contribution >= 0.6 is 15.9 Å². The Bertz CT molecular complexity index is 248. The van der Waals surface area contributed by atoms with Crippen molar-refractivity contribution in [1.29, 1.82) is 0 Å². The van der Waals surface area contributed by atoms with Crippen LogP contribution in [-0.2, 0) is 0 Å². The normalized spacial score (nSPS) is 12.8. The molecule has 72 valence electrons. The van der Waals surface area contributed by atoms with Crippen molar-refractivity contribution in [3.63, 3.8) is 0 Å². The SMILES string of the molecule is CNC(CCO)c1ccc(Br)cc1. The molecule has 0 saturated heterocycles. The molecule has 2 nitrogen and oxygen atoms in total. The summed E-state index contributed by atoms with van der Waals surface area (Å²) in [6.45, 7) is 0.210. The predicted octanol–water partition coefficient (Wildman–Crippen LogP) is 2.09. The molecule has 0 heterocycles. The minimum atomic E-state index is 0.210. The largest absolute Gasteiger partial charge is 0.396 e. The lowest BCUT2D eigenvalue weighted by Gasteiger charge is -2.14. The van der Waals surface area contributed by atoms with Crippen LogP contribution in [-0.4, -0.2) is 18.8 Å². The first-order valence-electron chi connectivity index (χ1n) is 4.31. The van der Waals surface area contributed by atoms with Gasteiger partial charge in [-0.3, -0.25) is 0 Å². The topological polar surface area (TPSA) is 32.3 Å². The summed E-state index contributed by atoms with van der Waals surface area (Å²) in [6.07, 6.45) is 0.748. The quantitative estimate of drug-likeness (QED) is 0.850. The fraction of sp³-hybridized carbons (Fsp3) is 0.400. The average Bonchev–Trinajstić information content (AvgIpc) is 2.16. The predicted molar refractivity (Wildman–Crippen MR) is 57.6 cm³/mol. The van der Waals surface area contributed by atoms with Gasteiger partial charge in [-0.15, -0.1) is 0 Å². The molecule has 1 aromatic rings. The van der Waals surface area contributed by atoms with Gasteiger partial charge in [0.05, 0.1) is 0 Å². The molecule has 1 unspecified atom stereocenters. The Labute approximate surface area is 87.1 Å². The van der Waals surface area contributed by atoms with Crippen molar-refractivity contribution >= 4 is 15.9 Å². The van der Waals surface area contributed by atoms with E-state index in [1.54, 1.807) is 0 Å². The Hall–Kier alpha value is -0.380. The van der Waals surface area contributed by atoms with Crippen molar-refractivity contribution < 1.29 is 5.11 Å². The third-order valence-electron chi connectivity index (χ3n) is 2.04. The van der Waals surface area contributed by atoms with Crippen molar-refractivity contribution in [1.82, 2.24) is 5.32 Å². The summed E-state index contributed by atoms with van der Waals surface area (Å²) in [7, 11) is 1.91. The Morgan fingerprint density at radius 2 is 2.00 bits per heavy atom. The Morgan fingerprint density at radius 3 is 2.46 bits per heavy atom. The number of nitrogens with one attached hydrogen (secondary N) is 1. The van der Waals surface area contributed by atoms with Gasteiger partial charge in [0.25, 0.3) is 0 Å². The first-order chi connectivity index (χ1) is 6.27. The molecule has 1 atom stereocenters. The highest BCUT2D eigenvalue weighted by Gasteiger charge is 2.06. The van der Waals surface area contributed by atoms with Gasteiger partial charge in [-0.25, -0.2) is 0 Å². The summed E-state index contributed by atoms with van der Waals surface area (Å²) >= 11 is 3.39. The Balaban J connectivity index is 2.73. The molecule has 0 bridgehead atoms. The van der Waals surface area contributed by atoms with E-state index in [9.17, 15) is 0 Å². The second-order valence-corrected chi connectivity index (χ2v) is 3.82. The molecule has 0 radical (unpaired) electrons. The minimum absolute atomic E-state index is 0.210. The lowest BCUT2D eigenvalue weighted by Crippen LogP contribution is -2.17. The zero-order valence-electron chi connectivity index (χ0n) is 7.63. The average molecular weight is 244 g/mol. The molecule has 0 aliphatic rings. The van der Waals surface area contributed by atoms with E-state index in [-0.39, 0.29) is 12.6 Å². The summed E-state index contributed by atoms with van der Waals surface area (Å²) < 4.78 is 1.08. The molecule has 0 aliphatic carbocycles. The van der Waals surface area contributed by atoms with Crippen molar-refractivity contribution in [2.24, 2.45) is 0 Å². The molecule has 0 aliphatic heterocycles. The maximum absolute atomic E-state index is 8.83. The van der Waals surface area contributed by atoms with E-state index in [0.29, 0.717) is 0 Å². The van der Waals surface area contributed by atoms with Crippen molar-refractivity contribution in [3.8, 4) is 0 Å². The van der Waals surface area contributed by atoms with Gasteiger partial charge < -0.3 is 10.4 Å². The van der Waals surface area contributed by atoms with Gasteiger partial charge in [0.1, 0.15) is 0 Å². The maximum atomic E-state index is 8.83. The third-order valence-corrected chi connectivity index (χ3v) is 2.57. The van der Waals surface area contributed by atoms with Crippen molar-refractivity contribution in [2.45, 2.75) is 12.5 Å². The summed E-state index contributed by atoms with van der Waals surface area (Å²) in [5.74, 6) is 0. The van der Waals surface area contributed by atoms with Crippen molar-refractivity contribution in [2.75, 3.05) is 13.7 Å². The van der Waals surface area contributed by atoms with Crippen LogP contribution in [0.1, 0.15) is 18.0 Å². The number of hydrogen-bond acceptors (Lipinski definition) is 2. The van der Waals surface area contributed by atoms with Crippen LogP contribution in [0.15, 0.2) is 28.7 Å². The van der Waals surface area contributed by atoms with Crippen LogP contribution in [0.25, 0.3) is 0 Å². The van der Waals surface area contributed by atoms with Crippen LogP contribution in [0.3, 0.4) is 0 Å². The van der Waals surface area contributed by atoms with E-state index in [1.807, 2.05) is 19.2 Å². The van der Waals surface area contributed by atoms with E-state index in [0.717, 1.165) is 10.9 Å². The third kappa shape index (κ3) is 3.10. The van der Waals surface area contributed by atoms with Gasteiger partial charge in [0.15, 0.2) is 0 Å². The monoisotopic (exact) mass is 243 g/mol. The highest BCUT2D eigenvalue weighted by molar-refractivity contribution is 9.10. The summed E-state index contributed by atoms with van der Waals surface area (Å²) in [5, 5.41) is 12.0. The second kappa shape index (κ2) is 5.37.